The van der Waals surface area contributed by atoms with E-state index in [1.165, 1.54) is 19.3 Å². The van der Waals surface area contributed by atoms with E-state index in [1.807, 2.05) is 41.3 Å². The summed E-state index contributed by atoms with van der Waals surface area (Å²) < 4.78 is 0. The van der Waals surface area contributed by atoms with Crippen LogP contribution in [-0.2, 0) is 24.2 Å². The smallest absolute Gasteiger partial charge is 0.254 e. The van der Waals surface area contributed by atoms with Gasteiger partial charge < -0.3 is 14.8 Å². The van der Waals surface area contributed by atoms with Crippen molar-refractivity contribution >= 4 is 35.0 Å². The molecule has 0 radical (unpaired) electrons. The summed E-state index contributed by atoms with van der Waals surface area (Å²) in [4.78, 5) is 37.6. The molecule has 1 unspecified atom stereocenters. The largest absolute Gasteiger partial charge is 0.347 e. The van der Waals surface area contributed by atoms with Crippen molar-refractivity contribution in [1.29, 1.82) is 0 Å². The molecule has 1 N–H and O–H groups in total. The predicted molar refractivity (Wildman–Crippen MR) is 149 cm³/mol. The van der Waals surface area contributed by atoms with Crippen molar-refractivity contribution < 1.29 is 9.59 Å². The van der Waals surface area contributed by atoms with Crippen LogP contribution < -0.4 is 0 Å². The predicted octanol–water partition coefficient (Wildman–Crippen LogP) is 6.31. The standard InChI is InChI=1S/C30H32Cl2N4O2/c31-25-15-22(16-26(32)24(25)14-21-10-13-36(30(21)38)23-4-2-1-3-5-23)19-6-8-20(9-7-19)29(37)35-12-11-27-28(17-35)34-18-33-27/h6-9,15-16,18,21,23H,1-5,10-14,17H2,(H,33,34). The summed E-state index contributed by atoms with van der Waals surface area (Å²) >= 11 is 13.5. The molecule has 198 valence electrons. The molecule has 1 saturated carbocycles. The molecule has 1 atom stereocenters. The molecular formula is C30H32Cl2N4O2. The van der Waals surface area contributed by atoms with Crippen molar-refractivity contribution in [2.24, 2.45) is 5.92 Å². The molecule has 8 heteroatoms. The zero-order chi connectivity index (χ0) is 26.2. The third kappa shape index (κ3) is 4.96. The topological polar surface area (TPSA) is 69.3 Å². The molecule has 2 aliphatic heterocycles. The molecule has 2 fully saturated rings. The van der Waals surface area contributed by atoms with Crippen molar-refractivity contribution in [3.8, 4) is 11.1 Å². The highest BCUT2D eigenvalue weighted by atomic mass is 35.5. The number of amides is 2. The van der Waals surface area contributed by atoms with Crippen molar-refractivity contribution in [2.75, 3.05) is 13.1 Å². The number of H-pyrrole nitrogens is 1. The first-order valence-electron chi connectivity index (χ1n) is 13.7. The number of hydrogen-bond donors (Lipinski definition) is 1. The number of nitrogens with one attached hydrogen (secondary N) is 1. The number of halogens is 2. The van der Waals surface area contributed by atoms with Gasteiger partial charge in [-0.3, -0.25) is 9.59 Å². The van der Waals surface area contributed by atoms with Gasteiger partial charge >= 0.3 is 0 Å². The van der Waals surface area contributed by atoms with E-state index in [4.69, 9.17) is 23.2 Å². The zero-order valence-corrected chi connectivity index (χ0v) is 22.9. The fourth-order valence-electron chi connectivity index (χ4n) is 6.29. The van der Waals surface area contributed by atoms with Crippen molar-refractivity contribution in [3.63, 3.8) is 0 Å². The van der Waals surface area contributed by atoms with Crippen LogP contribution in [0.4, 0.5) is 0 Å². The fraction of sp³-hybridized carbons (Fsp3) is 0.433. The summed E-state index contributed by atoms with van der Waals surface area (Å²) in [6.07, 6.45) is 9.85. The van der Waals surface area contributed by atoms with Gasteiger partial charge in [-0.1, -0.05) is 54.6 Å². The Hall–Kier alpha value is -2.83. The van der Waals surface area contributed by atoms with Gasteiger partial charge in [-0.05, 0) is 66.6 Å². The normalized spacial score (nSPS) is 20.2. The lowest BCUT2D eigenvalue weighted by Crippen LogP contribution is -2.39. The number of aromatic nitrogens is 2. The Kier molecular flexibility index (Phi) is 7.19. The lowest BCUT2D eigenvalue weighted by molar-refractivity contribution is -0.133. The van der Waals surface area contributed by atoms with Crippen LogP contribution in [0.15, 0.2) is 42.7 Å². The van der Waals surface area contributed by atoms with E-state index >= 15 is 0 Å². The quantitative estimate of drug-likeness (QED) is 0.404. The van der Waals surface area contributed by atoms with Crippen LogP contribution in [0.3, 0.4) is 0 Å². The highest BCUT2D eigenvalue weighted by Crippen LogP contribution is 2.36. The number of hydrogen-bond acceptors (Lipinski definition) is 3. The molecule has 0 spiro atoms. The maximum Gasteiger partial charge on any atom is 0.254 e. The molecule has 6 nitrogen and oxygen atoms in total. The van der Waals surface area contributed by atoms with Gasteiger partial charge in [-0.25, -0.2) is 4.98 Å². The van der Waals surface area contributed by atoms with Gasteiger partial charge in [0.1, 0.15) is 0 Å². The molecule has 3 heterocycles. The monoisotopic (exact) mass is 550 g/mol. The van der Waals surface area contributed by atoms with E-state index in [-0.39, 0.29) is 17.7 Å². The van der Waals surface area contributed by atoms with E-state index in [0.717, 1.165) is 60.3 Å². The third-order valence-corrected chi connectivity index (χ3v) is 9.16. The lowest BCUT2D eigenvalue weighted by Gasteiger charge is -2.31. The minimum atomic E-state index is -0.0595. The molecule has 38 heavy (non-hydrogen) atoms. The average molecular weight is 552 g/mol. The van der Waals surface area contributed by atoms with E-state index in [0.29, 0.717) is 41.2 Å². The van der Waals surface area contributed by atoms with E-state index < -0.39 is 0 Å². The highest BCUT2D eigenvalue weighted by Gasteiger charge is 2.36. The van der Waals surface area contributed by atoms with Gasteiger partial charge in [-0.15, -0.1) is 0 Å². The Bertz CT molecular complexity index is 1320. The number of rotatable bonds is 5. The summed E-state index contributed by atoms with van der Waals surface area (Å²) in [5.74, 6) is 0.202. The minimum absolute atomic E-state index is 0.00622. The number of imidazole rings is 1. The first kappa shape index (κ1) is 25.4. The number of carbonyl (C=O) groups excluding carboxylic acids is 2. The number of likely N-dealkylation sites (tertiary alicyclic amines) is 1. The molecule has 3 aromatic rings. The maximum absolute atomic E-state index is 13.2. The van der Waals surface area contributed by atoms with Crippen LogP contribution in [0.1, 0.15) is 65.8 Å². The van der Waals surface area contributed by atoms with Crippen molar-refractivity contribution in [1.82, 2.24) is 19.8 Å². The molecule has 2 amide bonds. The summed E-state index contributed by atoms with van der Waals surface area (Å²) in [5, 5.41) is 1.17. The fourth-order valence-corrected chi connectivity index (χ4v) is 6.93. The summed E-state index contributed by atoms with van der Waals surface area (Å²) in [7, 11) is 0. The number of aromatic amines is 1. The van der Waals surface area contributed by atoms with Crippen LogP contribution >= 0.6 is 23.2 Å². The Balaban J connectivity index is 1.13. The molecule has 6 rings (SSSR count). The number of benzene rings is 2. The molecule has 2 aromatic carbocycles. The Labute approximate surface area is 233 Å². The number of carbonyl (C=O) groups is 2. The summed E-state index contributed by atoms with van der Waals surface area (Å²) in [6.45, 7) is 2.05. The van der Waals surface area contributed by atoms with Crippen LogP contribution in [-0.4, -0.2) is 50.7 Å². The van der Waals surface area contributed by atoms with Gasteiger partial charge in [0.2, 0.25) is 5.91 Å². The van der Waals surface area contributed by atoms with E-state index in [2.05, 4.69) is 14.9 Å². The third-order valence-electron chi connectivity index (χ3n) is 8.49. The van der Waals surface area contributed by atoms with E-state index in [9.17, 15) is 9.59 Å². The molecule has 1 aliphatic carbocycles. The molecular weight excluding hydrogens is 519 g/mol. The van der Waals surface area contributed by atoms with Crippen LogP contribution in [0.25, 0.3) is 11.1 Å². The van der Waals surface area contributed by atoms with Gasteiger partial charge in [0.15, 0.2) is 0 Å². The zero-order valence-electron chi connectivity index (χ0n) is 21.4. The van der Waals surface area contributed by atoms with Gasteiger partial charge in [0.25, 0.3) is 5.91 Å². The van der Waals surface area contributed by atoms with Crippen LogP contribution in [0.2, 0.25) is 10.0 Å². The lowest BCUT2D eigenvalue weighted by atomic mass is 9.93. The van der Waals surface area contributed by atoms with Crippen LogP contribution in [0.5, 0.6) is 0 Å². The van der Waals surface area contributed by atoms with Crippen molar-refractivity contribution in [2.45, 2.75) is 64.0 Å². The number of fused-ring (bicyclic) bond motifs is 1. The first-order valence-corrected chi connectivity index (χ1v) is 14.4. The molecule has 0 bridgehead atoms. The Morgan fingerprint density at radius 2 is 1.71 bits per heavy atom. The maximum atomic E-state index is 13.2. The van der Waals surface area contributed by atoms with Crippen molar-refractivity contribution in [3.05, 3.63) is 75.3 Å². The van der Waals surface area contributed by atoms with Gasteiger partial charge in [0.05, 0.1) is 24.3 Å². The first-order chi connectivity index (χ1) is 18.5. The molecule has 3 aliphatic rings. The second-order valence-electron chi connectivity index (χ2n) is 10.8. The second-order valence-corrected chi connectivity index (χ2v) is 11.6. The minimum Gasteiger partial charge on any atom is -0.347 e. The molecule has 1 saturated heterocycles. The number of nitrogens with zero attached hydrogens (tertiary/aromatic N) is 3. The Morgan fingerprint density at radius 3 is 2.45 bits per heavy atom. The summed E-state index contributed by atoms with van der Waals surface area (Å²) in [5.41, 5.74) is 5.37. The van der Waals surface area contributed by atoms with E-state index in [1.54, 1.807) is 6.33 Å². The second kappa shape index (κ2) is 10.7. The molecule has 1 aromatic heterocycles. The van der Waals surface area contributed by atoms with Crippen LogP contribution in [0, 0.1) is 5.92 Å². The van der Waals surface area contributed by atoms with Gasteiger partial charge in [-0.2, -0.15) is 0 Å². The van der Waals surface area contributed by atoms with Gasteiger partial charge in [0, 0.05) is 47.1 Å². The summed E-state index contributed by atoms with van der Waals surface area (Å²) in [6, 6.07) is 11.8. The SMILES string of the molecule is O=C(c1ccc(-c2cc(Cl)c(CC3CCN(C4CCCCC4)C3=O)c(Cl)c2)cc1)N1CCc2nc[nH]c2C1. The Morgan fingerprint density at radius 1 is 0.974 bits per heavy atom. The highest BCUT2D eigenvalue weighted by molar-refractivity contribution is 6.36. The average Bonchev–Trinajstić information content (AvgIpc) is 3.56.